The van der Waals surface area contributed by atoms with Gasteiger partial charge in [0.2, 0.25) is 0 Å². The fourth-order valence-electron chi connectivity index (χ4n) is 0.286. The minimum absolute atomic E-state index is 0. The summed E-state index contributed by atoms with van der Waals surface area (Å²) in [5.74, 6) is -0.375. The van der Waals surface area contributed by atoms with Gasteiger partial charge in [0.05, 0.1) is 0 Å². The number of carbonyl (C=O) groups is 1. The van der Waals surface area contributed by atoms with Gasteiger partial charge in [-0.1, -0.05) is 6.92 Å². The molecule has 0 saturated heterocycles. The van der Waals surface area contributed by atoms with E-state index in [2.05, 4.69) is 0 Å². The second kappa shape index (κ2) is 8.36. The molecule has 0 spiro atoms. The van der Waals surface area contributed by atoms with Crippen LogP contribution in [0.5, 0.6) is 0 Å². The molecular formula is C5H9LaO3+2. The van der Waals surface area contributed by atoms with Crippen LogP contribution in [0.3, 0.4) is 0 Å². The van der Waals surface area contributed by atoms with E-state index in [9.17, 15) is 9.90 Å². The second-order valence-electron chi connectivity index (χ2n) is 1.37. The minimum Gasteiger partial charge on any atom is -0.876 e. The van der Waals surface area contributed by atoms with Crippen LogP contribution < -0.4 is 5.11 Å². The molecule has 0 saturated carbocycles. The summed E-state index contributed by atoms with van der Waals surface area (Å²) < 4.78 is 0. The smallest absolute Gasteiger partial charge is 0.876 e. The Labute approximate surface area is 82.0 Å². The van der Waals surface area contributed by atoms with E-state index in [1.807, 2.05) is 0 Å². The van der Waals surface area contributed by atoms with Gasteiger partial charge in [0.25, 0.3) is 0 Å². The fourth-order valence-corrected chi connectivity index (χ4v) is 0.286. The molecule has 0 aliphatic carbocycles. The predicted molar refractivity (Wildman–Crippen MR) is 28.1 cm³/mol. The number of hydrogen-bond donors (Lipinski definition) is 0. The zero-order chi connectivity index (χ0) is 5.86. The Morgan fingerprint density at radius 1 is 1.44 bits per heavy atom. The molecule has 0 aliphatic rings. The molecule has 0 aromatic heterocycles. The third-order valence-corrected chi connectivity index (χ3v) is 0.407. The van der Waals surface area contributed by atoms with Crippen molar-refractivity contribution in [3.8, 4) is 0 Å². The third-order valence-electron chi connectivity index (χ3n) is 0.407. The van der Waals surface area contributed by atoms with Gasteiger partial charge in [-0.05, 0) is 13.0 Å². The van der Waals surface area contributed by atoms with Crippen LogP contribution in [0.2, 0.25) is 0 Å². The average molecular weight is 256 g/mol. The van der Waals surface area contributed by atoms with Gasteiger partial charge in [0, 0.05) is 0 Å². The van der Waals surface area contributed by atoms with Crippen LogP contribution in [0.15, 0.2) is 11.8 Å². The van der Waals surface area contributed by atoms with Crippen LogP contribution in [-0.4, -0.2) is 11.3 Å². The van der Waals surface area contributed by atoms with Crippen molar-refractivity contribution in [3.05, 3.63) is 11.8 Å². The molecule has 0 heterocycles. The van der Waals surface area contributed by atoms with E-state index in [4.69, 9.17) is 0 Å². The first-order valence-electron chi connectivity index (χ1n) is 1.99. The quantitative estimate of drug-likeness (QED) is 0.446. The van der Waals surface area contributed by atoms with Crippen molar-refractivity contribution in [2.75, 3.05) is 0 Å². The molecule has 0 unspecified atom stereocenters. The van der Waals surface area contributed by atoms with E-state index in [0.29, 0.717) is 0 Å². The standard InChI is InChI=1S/C5H8O2.La.H2O/c1-4(6)3-5(2)7;;/h3,6H,1-2H3;;1H2/q;+3;/p-1/b4-3-;;. The van der Waals surface area contributed by atoms with Gasteiger partial charge in [-0.15, -0.1) is 5.76 Å². The van der Waals surface area contributed by atoms with Crippen LogP contribution in [0.1, 0.15) is 13.8 Å². The summed E-state index contributed by atoms with van der Waals surface area (Å²) in [5, 5.41) is 9.98. The van der Waals surface area contributed by atoms with E-state index in [1.54, 1.807) is 0 Å². The van der Waals surface area contributed by atoms with Crippen molar-refractivity contribution < 1.29 is 51.0 Å². The Bertz CT molecular complexity index is 105. The fraction of sp³-hybridized carbons (Fsp3) is 0.400. The molecule has 0 aliphatic heterocycles. The van der Waals surface area contributed by atoms with Crippen LogP contribution in [0.4, 0.5) is 0 Å². The molecule has 0 radical (unpaired) electrons. The Kier molecular flexibility index (Phi) is 15.0. The molecule has 9 heavy (non-hydrogen) atoms. The van der Waals surface area contributed by atoms with Gasteiger partial charge in [-0.25, -0.2) is 0 Å². The van der Waals surface area contributed by atoms with E-state index in [-0.39, 0.29) is 52.6 Å². The number of hydrogen-bond acceptors (Lipinski definition) is 2. The second-order valence-corrected chi connectivity index (χ2v) is 1.37. The zero-order valence-corrected chi connectivity index (χ0v) is 9.10. The van der Waals surface area contributed by atoms with E-state index in [0.717, 1.165) is 6.08 Å². The number of carbonyl (C=O) groups excluding carboxylic acids is 1. The first-order valence-corrected chi connectivity index (χ1v) is 1.99. The molecular weight excluding hydrogens is 247 g/mol. The number of allylic oxidation sites excluding steroid dienone is 2. The summed E-state index contributed by atoms with van der Waals surface area (Å²) in [5.41, 5.74) is 0. The topological polar surface area (TPSA) is 71.6 Å². The summed E-state index contributed by atoms with van der Waals surface area (Å²) in [7, 11) is 0. The van der Waals surface area contributed by atoms with Crippen LogP contribution in [0, 0.1) is 35.6 Å². The molecule has 4 heteroatoms. The first-order chi connectivity index (χ1) is 3.13. The first kappa shape index (κ1) is 16.2. The Hall–Kier alpha value is 0.365. The van der Waals surface area contributed by atoms with Crippen molar-refractivity contribution in [1.29, 1.82) is 0 Å². The van der Waals surface area contributed by atoms with E-state index in [1.165, 1.54) is 13.8 Å². The Morgan fingerprint density at radius 3 is 1.78 bits per heavy atom. The van der Waals surface area contributed by atoms with Crippen LogP contribution >= 0.6 is 0 Å². The van der Waals surface area contributed by atoms with Crippen molar-refractivity contribution in [2.45, 2.75) is 13.8 Å². The van der Waals surface area contributed by atoms with Gasteiger partial charge in [-0.2, -0.15) is 0 Å². The maximum absolute atomic E-state index is 9.98. The normalized spacial score (nSPS) is 8.89. The molecule has 0 aromatic rings. The summed E-state index contributed by atoms with van der Waals surface area (Å²) in [4.78, 5) is 9.98. The Balaban J connectivity index is -0.000000180. The molecule has 0 atom stereocenters. The van der Waals surface area contributed by atoms with Gasteiger partial charge in [-0.3, -0.25) is 4.79 Å². The molecule has 0 bridgehead atoms. The van der Waals surface area contributed by atoms with Crippen LogP contribution in [-0.2, 0) is 4.79 Å². The number of rotatable bonds is 1. The van der Waals surface area contributed by atoms with E-state index < -0.39 is 0 Å². The summed E-state index contributed by atoms with van der Waals surface area (Å²) in [6.45, 7) is 2.70. The summed E-state index contributed by atoms with van der Waals surface area (Å²) >= 11 is 0. The van der Waals surface area contributed by atoms with Gasteiger partial charge >= 0.3 is 35.6 Å². The SMILES string of the molecule is CC(=O)/C=C(/C)[O-].O.[La+3]. The predicted octanol–water partition coefficient (Wildman–Crippen LogP) is -0.985. The molecule has 0 amide bonds. The summed E-state index contributed by atoms with van der Waals surface area (Å²) in [6.07, 6.45) is 1.06. The molecule has 48 valence electrons. The van der Waals surface area contributed by atoms with Crippen molar-refractivity contribution in [2.24, 2.45) is 0 Å². The van der Waals surface area contributed by atoms with E-state index >= 15 is 0 Å². The molecule has 2 N–H and O–H groups in total. The minimum atomic E-state index is -0.187. The molecule has 0 aromatic carbocycles. The Morgan fingerprint density at radius 2 is 1.78 bits per heavy atom. The van der Waals surface area contributed by atoms with Crippen molar-refractivity contribution in [1.82, 2.24) is 0 Å². The monoisotopic (exact) mass is 256 g/mol. The molecule has 0 rings (SSSR count). The average Bonchev–Trinajstić information content (AvgIpc) is 1.27. The summed E-state index contributed by atoms with van der Waals surface area (Å²) in [6, 6.07) is 0. The maximum atomic E-state index is 9.98. The maximum Gasteiger partial charge on any atom is 3.00 e. The van der Waals surface area contributed by atoms with Gasteiger partial charge in [0.1, 0.15) is 0 Å². The number of ketones is 1. The molecule has 0 fully saturated rings. The van der Waals surface area contributed by atoms with Crippen molar-refractivity contribution >= 4 is 5.78 Å². The third kappa shape index (κ3) is 17.8. The largest absolute Gasteiger partial charge is 3.00 e. The van der Waals surface area contributed by atoms with Crippen LogP contribution in [0.25, 0.3) is 0 Å². The molecule has 3 nitrogen and oxygen atoms in total. The van der Waals surface area contributed by atoms with Crippen molar-refractivity contribution in [3.63, 3.8) is 0 Å². The van der Waals surface area contributed by atoms with Gasteiger partial charge in [0.15, 0.2) is 5.78 Å². The van der Waals surface area contributed by atoms with Gasteiger partial charge < -0.3 is 10.6 Å². The zero-order valence-electron chi connectivity index (χ0n) is 5.47.